The Morgan fingerprint density at radius 1 is 1.15 bits per heavy atom. The lowest BCUT2D eigenvalue weighted by Gasteiger charge is -2.38. The molecule has 2 aromatic rings. The molecule has 3 N–H and O–H groups in total. The molecule has 5 heteroatoms. The van der Waals surface area contributed by atoms with E-state index in [0.717, 1.165) is 31.5 Å². The molecular formula is C21H26N2O2S. The molecule has 1 fully saturated rings. The van der Waals surface area contributed by atoms with Crippen molar-refractivity contribution in [1.29, 1.82) is 0 Å². The minimum Gasteiger partial charge on any atom is -0.480 e. The highest BCUT2D eigenvalue weighted by Gasteiger charge is 2.34. The third-order valence-electron chi connectivity index (χ3n) is 4.76. The molecule has 1 heterocycles. The maximum absolute atomic E-state index is 11.8. The number of carboxylic acids is 1. The smallest absolute Gasteiger partial charge is 0.321 e. The molecular weight excluding hydrogens is 344 g/mol. The van der Waals surface area contributed by atoms with Gasteiger partial charge in [-0.1, -0.05) is 48.5 Å². The van der Waals surface area contributed by atoms with Crippen LogP contribution in [0.1, 0.15) is 18.4 Å². The van der Waals surface area contributed by atoms with Crippen molar-refractivity contribution in [2.75, 3.05) is 19.6 Å². The number of thioether (sulfide) groups is 1. The first-order valence-corrected chi connectivity index (χ1v) is 9.93. The summed E-state index contributed by atoms with van der Waals surface area (Å²) in [5.74, 6) is -0.794. The molecule has 2 atom stereocenters. The van der Waals surface area contributed by atoms with Gasteiger partial charge in [0, 0.05) is 22.7 Å². The Bertz CT molecular complexity index is 688. The molecule has 1 unspecified atom stereocenters. The first-order chi connectivity index (χ1) is 12.7. The van der Waals surface area contributed by atoms with Crippen LogP contribution in [0.2, 0.25) is 0 Å². The number of aliphatic carboxylic acids is 1. The lowest BCUT2D eigenvalue weighted by atomic mass is 9.97. The molecule has 0 radical (unpaired) electrons. The Labute approximate surface area is 159 Å². The minimum atomic E-state index is -0.794. The van der Waals surface area contributed by atoms with E-state index in [-0.39, 0.29) is 4.75 Å². The van der Waals surface area contributed by atoms with Crippen molar-refractivity contribution in [1.82, 2.24) is 10.6 Å². The molecule has 0 amide bonds. The predicted molar refractivity (Wildman–Crippen MR) is 107 cm³/mol. The van der Waals surface area contributed by atoms with Crippen molar-refractivity contribution < 1.29 is 9.90 Å². The summed E-state index contributed by atoms with van der Waals surface area (Å²) in [4.78, 5) is 13.0. The molecule has 1 saturated heterocycles. The minimum absolute atomic E-state index is 0.0238. The van der Waals surface area contributed by atoms with Gasteiger partial charge in [0.15, 0.2) is 0 Å². The van der Waals surface area contributed by atoms with Crippen LogP contribution in [0.15, 0.2) is 65.6 Å². The standard InChI is InChI=1S/C21H26N2O2S/c24-20(25)19(14-17-8-3-1-4-9-17)23-16-21(12-7-13-22-15-21)26-18-10-5-2-6-11-18/h1-6,8-11,19,22-23H,7,12-16H2,(H,24,25)/t19-,21?/m0/s1. The lowest BCUT2D eigenvalue weighted by molar-refractivity contribution is -0.139. The van der Waals surface area contributed by atoms with Crippen LogP contribution in [0.5, 0.6) is 0 Å². The number of benzene rings is 2. The van der Waals surface area contributed by atoms with Crippen LogP contribution in [0.25, 0.3) is 0 Å². The van der Waals surface area contributed by atoms with Crippen LogP contribution in [0, 0.1) is 0 Å². The number of rotatable bonds is 8. The van der Waals surface area contributed by atoms with Crippen LogP contribution in [-0.2, 0) is 11.2 Å². The van der Waals surface area contributed by atoms with E-state index in [1.165, 1.54) is 4.90 Å². The van der Waals surface area contributed by atoms with E-state index in [0.29, 0.717) is 13.0 Å². The summed E-state index contributed by atoms with van der Waals surface area (Å²) in [7, 11) is 0. The van der Waals surface area contributed by atoms with Crippen LogP contribution < -0.4 is 10.6 Å². The van der Waals surface area contributed by atoms with Crippen molar-refractivity contribution in [2.45, 2.75) is 34.9 Å². The van der Waals surface area contributed by atoms with Gasteiger partial charge in [0.2, 0.25) is 0 Å². The quantitative estimate of drug-likeness (QED) is 0.666. The van der Waals surface area contributed by atoms with Crippen molar-refractivity contribution in [3.8, 4) is 0 Å². The maximum atomic E-state index is 11.8. The van der Waals surface area contributed by atoms with E-state index >= 15 is 0 Å². The highest BCUT2D eigenvalue weighted by molar-refractivity contribution is 8.00. The average Bonchev–Trinajstić information content (AvgIpc) is 2.67. The number of hydrogen-bond acceptors (Lipinski definition) is 4. The summed E-state index contributed by atoms with van der Waals surface area (Å²) >= 11 is 1.85. The van der Waals surface area contributed by atoms with Crippen LogP contribution >= 0.6 is 11.8 Å². The monoisotopic (exact) mass is 370 g/mol. The molecule has 138 valence electrons. The van der Waals surface area contributed by atoms with Crippen LogP contribution in [0.4, 0.5) is 0 Å². The number of carboxylic acid groups (broad SMARTS) is 1. The van der Waals surface area contributed by atoms with Gasteiger partial charge >= 0.3 is 5.97 Å². The zero-order chi connectivity index (χ0) is 18.2. The van der Waals surface area contributed by atoms with Gasteiger partial charge in [-0.25, -0.2) is 0 Å². The van der Waals surface area contributed by atoms with E-state index in [9.17, 15) is 9.90 Å². The lowest BCUT2D eigenvalue weighted by Crippen LogP contribution is -2.53. The van der Waals surface area contributed by atoms with Gasteiger partial charge in [-0.3, -0.25) is 4.79 Å². The van der Waals surface area contributed by atoms with Gasteiger partial charge in [-0.15, -0.1) is 11.8 Å². The van der Waals surface area contributed by atoms with Crippen molar-refractivity contribution in [2.24, 2.45) is 0 Å². The SMILES string of the molecule is O=C(O)[C@H](Cc1ccccc1)NCC1(Sc2ccccc2)CCCNC1. The molecule has 1 aliphatic heterocycles. The second-order valence-corrected chi connectivity index (χ2v) is 8.38. The Balaban J connectivity index is 1.68. The van der Waals surface area contributed by atoms with Gasteiger partial charge < -0.3 is 15.7 Å². The zero-order valence-corrected chi connectivity index (χ0v) is 15.7. The molecule has 26 heavy (non-hydrogen) atoms. The molecule has 2 aromatic carbocycles. The highest BCUT2D eigenvalue weighted by Crippen LogP contribution is 2.37. The van der Waals surface area contributed by atoms with Gasteiger partial charge in [0.25, 0.3) is 0 Å². The third kappa shape index (κ3) is 5.34. The van der Waals surface area contributed by atoms with Gasteiger partial charge in [0.1, 0.15) is 6.04 Å². The highest BCUT2D eigenvalue weighted by atomic mass is 32.2. The summed E-state index contributed by atoms with van der Waals surface area (Å²) in [5, 5.41) is 16.5. The molecule has 3 rings (SSSR count). The summed E-state index contributed by atoms with van der Waals surface area (Å²) in [5.41, 5.74) is 1.04. The molecule has 0 aromatic heterocycles. The van der Waals surface area contributed by atoms with Crippen molar-refractivity contribution in [3.05, 3.63) is 66.2 Å². The summed E-state index contributed by atoms with van der Waals surface area (Å²) in [6.45, 7) is 2.59. The molecule has 1 aliphatic rings. The number of nitrogens with one attached hydrogen (secondary N) is 2. The van der Waals surface area contributed by atoms with E-state index in [1.807, 2.05) is 48.2 Å². The molecule has 0 saturated carbocycles. The maximum Gasteiger partial charge on any atom is 0.321 e. The van der Waals surface area contributed by atoms with Gasteiger partial charge in [-0.2, -0.15) is 0 Å². The number of piperidine rings is 1. The Kier molecular flexibility index (Phi) is 6.72. The molecule has 4 nitrogen and oxygen atoms in total. The van der Waals surface area contributed by atoms with E-state index < -0.39 is 12.0 Å². The number of carbonyl (C=O) groups is 1. The molecule has 0 bridgehead atoms. The average molecular weight is 371 g/mol. The van der Waals surface area contributed by atoms with Gasteiger partial charge in [0.05, 0.1) is 0 Å². The summed E-state index contributed by atoms with van der Waals surface area (Å²) < 4.78 is -0.0238. The normalized spacial score (nSPS) is 21.2. The Hall–Kier alpha value is -1.82. The predicted octanol–water partition coefficient (Wildman–Crippen LogP) is 3.19. The molecule has 0 aliphatic carbocycles. The topological polar surface area (TPSA) is 61.4 Å². The van der Waals surface area contributed by atoms with Crippen LogP contribution in [-0.4, -0.2) is 41.5 Å². The second-order valence-electron chi connectivity index (χ2n) is 6.84. The van der Waals surface area contributed by atoms with E-state index in [1.54, 1.807) is 0 Å². The summed E-state index contributed by atoms with van der Waals surface area (Å²) in [6, 6.07) is 19.6. The van der Waals surface area contributed by atoms with Crippen molar-refractivity contribution in [3.63, 3.8) is 0 Å². The van der Waals surface area contributed by atoms with Gasteiger partial charge in [-0.05, 0) is 43.5 Å². The largest absolute Gasteiger partial charge is 0.480 e. The fraction of sp³-hybridized carbons (Fsp3) is 0.381. The summed E-state index contributed by atoms with van der Waals surface area (Å²) in [6.07, 6.45) is 2.68. The van der Waals surface area contributed by atoms with Crippen molar-refractivity contribution >= 4 is 17.7 Å². The molecule has 0 spiro atoms. The second kappa shape index (κ2) is 9.21. The first kappa shape index (κ1) is 19.0. The fourth-order valence-corrected chi connectivity index (χ4v) is 4.73. The van der Waals surface area contributed by atoms with E-state index in [4.69, 9.17) is 0 Å². The Morgan fingerprint density at radius 2 is 1.85 bits per heavy atom. The fourth-order valence-electron chi connectivity index (χ4n) is 3.36. The van der Waals surface area contributed by atoms with E-state index in [2.05, 4.69) is 34.9 Å². The first-order valence-electron chi connectivity index (χ1n) is 9.12. The Morgan fingerprint density at radius 3 is 2.46 bits per heavy atom. The van der Waals surface area contributed by atoms with Crippen LogP contribution in [0.3, 0.4) is 0 Å². The zero-order valence-electron chi connectivity index (χ0n) is 14.9. The number of hydrogen-bond donors (Lipinski definition) is 3. The third-order valence-corrected chi connectivity index (χ3v) is 6.20.